The minimum atomic E-state index is 0.116. The zero-order valence-electron chi connectivity index (χ0n) is 19.8. The molecule has 0 amide bonds. The highest BCUT2D eigenvalue weighted by Gasteiger charge is 2.17. The molecular formula is C25H31N3O3S. The molecule has 0 unspecified atom stereocenters. The van der Waals surface area contributed by atoms with Crippen LogP contribution < -0.4 is 19.0 Å². The van der Waals surface area contributed by atoms with Crippen LogP contribution in [0.1, 0.15) is 38.8 Å². The van der Waals surface area contributed by atoms with Gasteiger partial charge in [0.05, 0.1) is 33.2 Å². The van der Waals surface area contributed by atoms with E-state index in [2.05, 4.69) is 50.0 Å². The summed E-state index contributed by atoms with van der Waals surface area (Å²) in [7, 11) is 4.82. The molecule has 1 heterocycles. The summed E-state index contributed by atoms with van der Waals surface area (Å²) in [4.78, 5) is 5.43. The van der Waals surface area contributed by atoms with Gasteiger partial charge in [-0.1, -0.05) is 45.0 Å². The second-order valence-electron chi connectivity index (χ2n) is 8.22. The first-order chi connectivity index (χ1) is 15.3. The molecule has 7 heteroatoms. The molecule has 3 aromatic rings. The van der Waals surface area contributed by atoms with Gasteiger partial charge in [-0.05, 0) is 35.6 Å². The van der Waals surface area contributed by atoms with Crippen molar-refractivity contribution in [3.8, 4) is 28.5 Å². The summed E-state index contributed by atoms with van der Waals surface area (Å²) in [6.45, 7) is 9.31. The van der Waals surface area contributed by atoms with Gasteiger partial charge in [0.15, 0.2) is 11.5 Å². The highest BCUT2D eigenvalue weighted by atomic mass is 32.1. The monoisotopic (exact) mass is 453 g/mol. The zero-order valence-corrected chi connectivity index (χ0v) is 20.6. The Morgan fingerprint density at radius 1 is 0.969 bits per heavy atom. The van der Waals surface area contributed by atoms with Crippen molar-refractivity contribution in [2.45, 2.75) is 33.1 Å². The maximum Gasteiger partial charge on any atom is 0.206 e. The Hall–Kier alpha value is -3.06. The van der Waals surface area contributed by atoms with Crippen molar-refractivity contribution in [2.24, 2.45) is 10.1 Å². The van der Waals surface area contributed by atoms with Crippen LogP contribution in [0.15, 0.2) is 51.9 Å². The van der Waals surface area contributed by atoms with Crippen LogP contribution in [0.4, 0.5) is 0 Å². The van der Waals surface area contributed by atoms with Gasteiger partial charge in [-0.15, -0.1) is 11.3 Å². The molecular weight excluding hydrogens is 422 g/mol. The van der Waals surface area contributed by atoms with Crippen LogP contribution in [0.3, 0.4) is 0 Å². The first kappa shape index (κ1) is 23.6. The number of thiazole rings is 1. The van der Waals surface area contributed by atoms with Crippen molar-refractivity contribution in [2.75, 3.05) is 27.9 Å². The van der Waals surface area contributed by atoms with Crippen LogP contribution in [-0.4, -0.2) is 38.8 Å². The van der Waals surface area contributed by atoms with E-state index in [0.29, 0.717) is 23.8 Å². The Labute approximate surface area is 193 Å². The summed E-state index contributed by atoms with van der Waals surface area (Å²) in [6.07, 6.45) is 1.86. The number of aromatic nitrogens is 1. The number of nitrogens with zero attached hydrogens (tertiary/aromatic N) is 3. The van der Waals surface area contributed by atoms with Gasteiger partial charge < -0.3 is 14.2 Å². The zero-order chi connectivity index (χ0) is 23.3. The average Bonchev–Trinajstić information content (AvgIpc) is 3.19. The quantitative estimate of drug-likeness (QED) is 0.454. The van der Waals surface area contributed by atoms with Crippen molar-refractivity contribution in [1.82, 2.24) is 4.68 Å². The lowest BCUT2D eigenvalue weighted by Gasteiger charge is -2.18. The molecule has 0 spiro atoms. The largest absolute Gasteiger partial charge is 0.493 e. The lowest BCUT2D eigenvalue weighted by atomic mass is 9.87. The van der Waals surface area contributed by atoms with E-state index in [-0.39, 0.29) is 5.41 Å². The summed E-state index contributed by atoms with van der Waals surface area (Å²) in [5, 5.41) is 6.81. The summed E-state index contributed by atoms with van der Waals surface area (Å²) >= 11 is 1.54. The number of benzene rings is 2. The molecule has 0 radical (unpaired) electrons. The number of ether oxygens (including phenoxy) is 3. The average molecular weight is 454 g/mol. The molecule has 0 aliphatic carbocycles. The van der Waals surface area contributed by atoms with Crippen LogP contribution in [0.25, 0.3) is 11.3 Å². The third-order valence-electron chi connectivity index (χ3n) is 5.04. The third kappa shape index (κ3) is 5.05. The van der Waals surface area contributed by atoms with Crippen molar-refractivity contribution < 1.29 is 14.2 Å². The lowest BCUT2D eigenvalue weighted by molar-refractivity contribution is 0.324. The summed E-state index contributed by atoms with van der Waals surface area (Å²) < 4.78 is 18.4. The fourth-order valence-corrected chi connectivity index (χ4v) is 4.18. The SMILES string of the molecule is CCN=c1scc(-c2cc(OC)c(OC)c(OC)c2)n1N=Cc1ccc(C(C)(C)C)cc1. The standard InChI is InChI=1S/C25H31N3O3S/c1-8-26-24-28(27-15-17-9-11-19(12-10-17)25(2,3)4)20(16-32-24)18-13-21(29-5)23(31-7)22(14-18)30-6/h9-16H,8H2,1-7H3. The molecule has 0 saturated heterocycles. The van der Waals surface area contributed by atoms with Crippen molar-refractivity contribution >= 4 is 17.6 Å². The summed E-state index contributed by atoms with van der Waals surface area (Å²) in [5.41, 5.74) is 4.22. The van der Waals surface area contributed by atoms with Crippen LogP contribution in [0.5, 0.6) is 17.2 Å². The fraction of sp³-hybridized carbons (Fsp3) is 0.360. The smallest absolute Gasteiger partial charge is 0.206 e. The summed E-state index contributed by atoms with van der Waals surface area (Å²) in [5.74, 6) is 1.74. The Kier molecular flexibility index (Phi) is 7.40. The predicted octanol–water partition coefficient (Wildman–Crippen LogP) is 5.34. The Bertz CT molecular complexity index is 1130. The molecule has 0 bridgehead atoms. The maximum atomic E-state index is 5.53. The molecule has 0 atom stereocenters. The van der Waals surface area contributed by atoms with Gasteiger partial charge in [0.25, 0.3) is 0 Å². The number of rotatable bonds is 7. The van der Waals surface area contributed by atoms with Crippen molar-refractivity contribution in [3.05, 3.63) is 57.7 Å². The van der Waals surface area contributed by atoms with E-state index in [9.17, 15) is 0 Å². The highest BCUT2D eigenvalue weighted by molar-refractivity contribution is 7.07. The minimum Gasteiger partial charge on any atom is -0.493 e. The Morgan fingerprint density at radius 3 is 2.09 bits per heavy atom. The normalized spacial score (nSPS) is 12.4. The molecule has 0 N–H and O–H groups in total. The summed E-state index contributed by atoms with van der Waals surface area (Å²) in [6, 6.07) is 12.3. The fourth-order valence-electron chi connectivity index (χ4n) is 3.28. The molecule has 6 nitrogen and oxygen atoms in total. The van der Waals surface area contributed by atoms with Crippen molar-refractivity contribution in [1.29, 1.82) is 0 Å². The van der Waals surface area contributed by atoms with Gasteiger partial charge in [0.1, 0.15) is 0 Å². The molecule has 2 aromatic carbocycles. The van der Waals surface area contributed by atoms with E-state index >= 15 is 0 Å². The second-order valence-corrected chi connectivity index (χ2v) is 9.06. The number of hydrogen-bond acceptors (Lipinski definition) is 6. The van der Waals surface area contributed by atoms with E-state index in [1.54, 1.807) is 32.7 Å². The van der Waals surface area contributed by atoms with E-state index in [0.717, 1.165) is 21.6 Å². The molecule has 0 fully saturated rings. The molecule has 1 aromatic heterocycles. The van der Waals surface area contributed by atoms with Crippen molar-refractivity contribution in [3.63, 3.8) is 0 Å². The Morgan fingerprint density at radius 2 is 1.59 bits per heavy atom. The first-order valence-electron chi connectivity index (χ1n) is 10.5. The lowest BCUT2D eigenvalue weighted by Crippen LogP contribution is -2.13. The first-order valence-corrected chi connectivity index (χ1v) is 11.4. The second kappa shape index (κ2) is 10.0. The molecule has 0 aliphatic heterocycles. The van der Waals surface area contributed by atoms with Crippen LogP contribution >= 0.6 is 11.3 Å². The van der Waals surface area contributed by atoms with Gasteiger partial charge >= 0.3 is 0 Å². The van der Waals surface area contributed by atoms with Gasteiger partial charge in [0.2, 0.25) is 10.6 Å². The van der Waals surface area contributed by atoms with Crippen LogP contribution in [0.2, 0.25) is 0 Å². The molecule has 3 rings (SSSR count). The Balaban J connectivity index is 2.08. The van der Waals surface area contributed by atoms with Crippen LogP contribution in [-0.2, 0) is 5.41 Å². The van der Waals surface area contributed by atoms with Crippen LogP contribution in [0, 0.1) is 0 Å². The molecule has 32 heavy (non-hydrogen) atoms. The molecule has 0 saturated carbocycles. The van der Waals surface area contributed by atoms with Gasteiger partial charge in [-0.2, -0.15) is 5.10 Å². The van der Waals surface area contributed by atoms with E-state index < -0.39 is 0 Å². The van der Waals surface area contributed by atoms with E-state index in [4.69, 9.17) is 19.3 Å². The highest BCUT2D eigenvalue weighted by Crippen LogP contribution is 2.41. The van der Waals surface area contributed by atoms with Gasteiger partial charge in [-0.3, -0.25) is 4.99 Å². The minimum absolute atomic E-state index is 0.116. The van der Waals surface area contributed by atoms with Gasteiger partial charge in [0, 0.05) is 17.5 Å². The number of hydrogen-bond donors (Lipinski definition) is 0. The topological polar surface area (TPSA) is 57.3 Å². The van der Waals surface area contributed by atoms with Gasteiger partial charge in [-0.25, -0.2) is 4.68 Å². The van der Waals surface area contributed by atoms with E-state index in [1.807, 2.05) is 35.3 Å². The molecule has 170 valence electrons. The van der Waals surface area contributed by atoms with E-state index in [1.165, 1.54) is 5.56 Å². The third-order valence-corrected chi connectivity index (χ3v) is 5.89. The maximum absolute atomic E-state index is 5.53. The predicted molar refractivity (Wildman–Crippen MR) is 132 cm³/mol. The number of methoxy groups -OCH3 is 3. The molecule has 0 aliphatic rings.